The van der Waals surface area contributed by atoms with Crippen molar-refractivity contribution >= 4 is 40.1 Å². The van der Waals surface area contributed by atoms with E-state index in [1.807, 2.05) is 19.4 Å². The predicted molar refractivity (Wildman–Crippen MR) is 68.4 cm³/mol. The Morgan fingerprint density at radius 1 is 1.36 bits per heavy atom. The predicted octanol–water partition coefficient (Wildman–Crippen LogP) is 2.50. The number of carbonyl (C=O) groups excluding carboxylic acids is 1. The second-order valence-electron chi connectivity index (χ2n) is 2.94. The molecule has 5 heteroatoms. The molecule has 0 heterocycles. The highest BCUT2D eigenvalue weighted by Gasteiger charge is 2.32. The van der Waals surface area contributed by atoms with E-state index < -0.39 is 10.8 Å². The summed E-state index contributed by atoms with van der Waals surface area (Å²) < 4.78 is 11.3. The maximum atomic E-state index is 11.6. The van der Waals surface area contributed by atoms with E-state index in [4.69, 9.17) is 0 Å². The van der Waals surface area contributed by atoms with Gasteiger partial charge in [0.05, 0.1) is 0 Å². The van der Waals surface area contributed by atoms with Gasteiger partial charge in [-0.3, -0.25) is 9.00 Å². The van der Waals surface area contributed by atoms with E-state index in [1.165, 1.54) is 0 Å². The van der Waals surface area contributed by atoms with Gasteiger partial charge in [-0.15, -0.1) is 23.5 Å². The first kappa shape index (κ1) is 14.5. The summed E-state index contributed by atoms with van der Waals surface area (Å²) in [6.07, 6.45) is 7.43. The van der Waals surface area contributed by atoms with Crippen molar-refractivity contribution in [2.24, 2.45) is 0 Å². The van der Waals surface area contributed by atoms with E-state index in [0.29, 0.717) is 19.3 Å². The van der Waals surface area contributed by atoms with Gasteiger partial charge < -0.3 is 0 Å². The molecular weight excluding hydrogens is 236 g/mol. The van der Waals surface area contributed by atoms with E-state index in [0.717, 1.165) is 0 Å². The van der Waals surface area contributed by atoms with Crippen molar-refractivity contribution in [3.05, 3.63) is 0 Å². The van der Waals surface area contributed by atoms with E-state index >= 15 is 0 Å². The largest absolute Gasteiger partial charge is 0.300 e. The monoisotopic (exact) mass is 254 g/mol. The molecule has 0 aromatic carbocycles. The fourth-order valence-electron chi connectivity index (χ4n) is 1.14. The summed E-state index contributed by atoms with van der Waals surface area (Å²) in [5.74, 6) is 0.253. The Bertz CT molecular complexity index is 212. The average Bonchev–Trinajstić information content (AvgIpc) is 2.19. The lowest BCUT2D eigenvalue weighted by molar-refractivity contribution is -0.118. The van der Waals surface area contributed by atoms with Crippen LogP contribution < -0.4 is 0 Å². The molecule has 0 saturated heterocycles. The van der Waals surface area contributed by atoms with Crippen molar-refractivity contribution in [1.82, 2.24) is 0 Å². The van der Waals surface area contributed by atoms with Crippen LogP contribution in [-0.2, 0) is 15.6 Å². The minimum Gasteiger partial charge on any atom is -0.300 e. The molecule has 0 aromatic rings. The van der Waals surface area contributed by atoms with Gasteiger partial charge >= 0.3 is 0 Å². The molecule has 0 aliphatic rings. The van der Waals surface area contributed by atoms with Crippen LogP contribution in [0.3, 0.4) is 0 Å². The second-order valence-corrected chi connectivity index (χ2v) is 7.53. The highest BCUT2D eigenvalue weighted by atomic mass is 32.3. The zero-order chi connectivity index (χ0) is 11.2. The summed E-state index contributed by atoms with van der Waals surface area (Å²) >= 11 is 3.18. The van der Waals surface area contributed by atoms with Crippen molar-refractivity contribution in [2.75, 3.05) is 18.8 Å². The SMILES string of the molecule is CCC(=O)CCC(SC)(SC)S(C)=O. The van der Waals surface area contributed by atoms with Crippen LogP contribution in [0.2, 0.25) is 0 Å². The first-order valence-corrected chi connectivity index (χ1v) is 8.48. The fraction of sp³-hybridized carbons (Fsp3) is 0.889. The molecular formula is C9H18O2S3. The molecule has 0 spiro atoms. The van der Waals surface area contributed by atoms with E-state index in [2.05, 4.69) is 0 Å². The number of rotatable bonds is 7. The summed E-state index contributed by atoms with van der Waals surface area (Å²) in [6, 6.07) is 0. The fourth-order valence-corrected chi connectivity index (χ4v) is 4.68. The van der Waals surface area contributed by atoms with Gasteiger partial charge in [0.15, 0.2) is 0 Å². The molecule has 0 fully saturated rings. The number of hydrogen-bond donors (Lipinski definition) is 0. The first-order valence-electron chi connectivity index (χ1n) is 4.48. The van der Waals surface area contributed by atoms with Gasteiger partial charge in [-0.25, -0.2) is 0 Å². The zero-order valence-electron chi connectivity index (χ0n) is 9.16. The van der Waals surface area contributed by atoms with Crippen molar-refractivity contribution < 1.29 is 9.00 Å². The van der Waals surface area contributed by atoms with Gasteiger partial charge in [0.25, 0.3) is 0 Å². The molecule has 0 saturated carbocycles. The van der Waals surface area contributed by atoms with Crippen LogP contribution >= 0.6 is 23.5 Å². The van der Waals surface area contributed by atoms with Gasteiger partial charge in [-0.05, 0) is 18.9 Å². The zero-order valence-corrected chi connectivity index (χ0v) is 11.6. The molecule has 84 valence electrons. The summed E-state index contributed by atoms with van der Waals surface area (Å²) in [7, 11) is -0.907. The van der Waals surface area contributed by atoms with Gasteiger partial charge in [-0.1, -0.05) is 6.92 Å². The maximum absolute atomic E-state index is 11.6. The molecule has 14 heavy (non-hydrogen) atoms. The van der Waals surface area contributed by atoms with Crippen molar-refractivity contribution in [1.29, 1.82) is 0 Å². The summed E-state index contributed by atoms with van der Waals surface area (Å²) in [6.45, 7) is 1.87. The van der Waals surface area contributed by atoms with Crippen LogP contribution in [0.1, 0.15) is 26.2 Å². The number of ketones is 1. The lowest BCUT2D eigenvalue weighted by Crippen LogP contribution is -2.26. The normalized spacial score (nSPS) is 14.0. The van der Waals surface area contributed by atoms with Crippen molar-refractivity contribution in [3.63, 3.8) is 0 Å². The third kappa shape index (κ3) is 3.95. The van der Waals surface area contributed by atoms with Gasteiger partial charge in [-0.2, -0.15) is 0 Å². The number of Topliss-reactive ketones (excluding diaryl/α,β-unsaturated/α-hetero) is 1. The lowest BCUT2D eigenvalue weighted by atomic mass is 10.2. The summed E-state index contributed by atoms with van der Waals surface area (Å²) in [4.78, 5) is 11.2. The Kier molecular flexibility index (Phi) is 7.16. The van der Waals surface area contributed by atoms with Gasteiger partial charge in [0, 0.05) is 29.9 Å². The third-order valence-corrected chi connectivity index (χ3v) is 8.30. The summed E-state index contributed by atoms with van der Waals surface area (Å²) in [5.41, 5.74) is 0. The second kappa shape index (κ2) is 6.90. The van der Waals surface area contributed by atoms with Crippen molar-refractivity contribution in [3.8, 4) is 0 Å². The van der Waals surface area contributed by atoms with Crippen LogP contribution in [0.5, 0.6) is 0 Å². The third-order valence-electron chi connectivity index (χ3n) is 2.16. The van der Waals surface area contributed by atoms with Crippen LogP contribution in [0.4, 0.5) is 0 Å². The average molecular weight is 254 g/mol. The van der Waals surface area contributed by atoms with Gasteiger partial charge in [0.2, 0.25) is 0 Å². The first-order chi connectivity index (χ1) is 6.52. The molecule has 2 nitrogen and oxygen atoms in total. The molecule has 0 aromatic heterocycles. The van der Waals surface area contributed by atoms with Crippen LogP contribution in [-0.4, -0.2) is 32.2 Å². The van der Waals surface area contributed by atoms with Crippen molar-refractivity contribution in [2.45, 2.75) is 29.6 Å². The standard InChI is InChI=1S/C9H18O2S3/c1-5-8(10)6-7-9(12-2,13-3)14(4)11/h5-7H2,1-4H3. The number of hydrogen-bond acceptors (Lipinski definition) is 4. The Morgan fingerprint density at radius 2 is 1.86 bits per heavy atom. The Labute approximate surface area is 97.4 Å². The highest BCUT2D eigenvalue weighted by molar-refractivity contribution is 8.29. The Balaban J connectivity index is 4.37. The molecule has 0 bridgehead atoms. The minimum absolute atomic E-state index is 0.253. The molecule has 1 unspecified atom stereocenters. The number of carbonyl (C=O) groups is 1. The van der Waals surface area contributed by atoms with Gasteiger partial charge in [0.1, 0.15) is 9.19 Å². The molecule has 0 rings (SSSR count). The Morgan fingerprint density at radius 3 is 2.14 bits per heavy atom. The van der Waals surface area contributed by atoms with E-state index in [-0.39, 0.29) is 9.19 Å². The lowest BCUT2D eigenvalue weighted by Gasteiger charge is -2.27. The summed E-state index contributed by atoms with van der Waals surface area (Å²) in [5, 5.41) is 0. The minimum atomic E-state index is -0.907. The molecule has 1 atom stereocenters. The van der Waals surface area contributed by atoms with E-state index in [1.54, 1.807) is 29.8 Å². The topological polar surface area (TPSA) is 34.1 Å². The molecule has 0 amide bonds. The van der Waals surface area contributed by atoms with Crippen LogP contribution in [0.25, 0.3) is 0 Å². The Hall–Kier alpha value is 0.520. The molecule has 0 N–H and O–H groups in total. The molecule has 0 radical (unpaired) electrons. The quantitative estimate of drug-likeness (QED) is 0.654. The van der Waals surface area contributed by atoms with Crippen LogP contribution in [0, 0.1) is 0 Å². The highest BCUT2D eigenvalue weighted by Crippen LogP contribution is 2.40. The van der Waals surface area contributed by atoms with Crippen LogP contribution in [0.15, 0.2) is 0 Å². The number of thioether (sulfide) groups is 2. The van der Waals surface area contributed by atoms with E-state index in [9.17, 15) is 9.00 Å². The molecule has 0 aliphatic heterocycles. The smallest absolute Gasteiger partial charge is 0.136 e. The maximum Gasteiger partial charge on any atom is 0.136 e. The molecule has 0 aliphatic carbocycles.